The highest BCUT2D eigenvalue weighted by atomic mass is 32.2. The summed E-state index contributed by atoms with van der Waals surface area (Å²) >= 11 is -1.30. The second-order valence-electron chi connectivity index (χ2n) is 10.2. The van der Waals surface area contributed by atoms with Gasteiger partial charge >= 0.3 is 6.09 Å². The first kappa shape index (κ1) is 24.8. The van der Waals surface area contributed by atoms with Gasteiger partial charge in [0.15, 0.2) is 0 Å². The Hall–Kier alpha value is -1.51. The van der Waals surface area contributed by atoms with E-state index in [9.17, 15) is 13.7 Å². The predicted octanol–water partition coefficient (Wildman–Crippen LogP) is 4.76. The molecule has 6 nitrogen and oxygen atoms in total. The molecule has 0 unspecified atom stereocenters. The van der Waals surface area contributed by atoms with Crippen LogP contribution in [-0.4, -0.2) is 32.6 Å². The van der Waals surface area contributed by atoms with Gasteiger partial charge in [-0.15, -0.1) is 4.72 Å². The molecule has 2 atom stereocenters. The third-order valence-corrected chi connectivity index (χ3v) is 6.41. The molecule has 1 aliphatic carbocycles. The molecule has 8 heteroatoms. The minimum Gasteiger partial charge on any atom is -0.598 e. The summed E-state index contributed by atoms with van der Waals surface area (Å²) in [6.45, 7) is 14.9. The van der Waals surface area contributed by atoms with Crippen molar-refractivity contribution in [1.29, 1.82) is 0 Å². The van der Waals surface area contributed by atoms with Gasteiger partial charge in [0.1, 0.15) is 28.0 Å². The van der Waals surface area contributed by atoms with Crippen molar-refractivity contribution in [2.24, 2.45) is 0 Å². The molecule has 0 heterocycles. The molecule has 0 aliphatic heterocycles. The van der Waals surface area contributed by atoms with Crippen LogP contribution >= 0.6 is 0 Å². The molecule has 1 aromatic carbocycles. The Morgan fingerprint density at radius 3 is 2.40 bits per heavy atom. The van der Waals surface area contributed by atoms with Gasteiger partial charge in [0, 0.05) is 35.3 Å². The number of ether oxygens (including phenoxy) is 2. The number of hydrogen-bond acceptors (Lipinski definition) is 5. The first-order valence-corrected chi connectivity index (χ1v) is 11.4. The molecule has 0 radical (unpaired) electrons. The normalized spacial score (nSPS) is 23.9. The molecule has 1 aliphatic rings. The molecular formula is C22H35FN2O4S. The summed E-state index contributed by atoms with van der Waals surface area (Å²) in [5.41, 5.74) is -0.356. The number of rotatable bonds is 6. The van der Waals surface area contributed by atoms with Gasteiger partial charge in [-0.1, -0.05) is 0 Å². The fourth-order valence-electron chi connectivity index (χ4n) is 3.23. The number of halogens is 1. The topological polar surface area (TPSA) is 82.6 Å². The van der Waals surface area contributed by atoms with Gasteiger partial charge in [-0.3, -0.25) is 0 Å². The van der Waals surface area contributed by atoms with Crippen LogP contribution in [0.4, 0.5) is 9.18 Å². The summed E-state index contributed by atoms with van der Waals surface area (Å²) in [5.74, 6) is 0.171. The molecule has 1 saturated carbocycles. The van der Waals surface area contributed by atoms with Crippen LogP contribution < -0.4 is 14.8 Å². The van der Waals surface area contributed by atoms with Crippen molar-refractivity contribution >= 4 is 17.5 Å². The fraction of sp³-hybridized carbons (Fsp3) is 0.682. The van der Waals surface area contributed by atoms with Crippen LogP contribution in [0.15, 0.2) is 18.2 Å². The van der Waals surface area contributed by atoms with Crippen LogP contribution in [-0.2, 0) is 16.1 Å². The van der Waals surface area contributed by atoms with E-state index in [2.05, 4.69) is 10.0 Å². The van der Waals surface area contributed by atoms with E-state index in [0.717, 1.165) is 0 Å². The van der Waals surface area contributed by atoms with Crippen LogP contribution in [0, 0.1) is 5.82 Å². The summed E-state index contributed by atoms with van der Waals surface area (Å²) < 4.78 is 40.3. The summed E-state index contributed by atoms with van der Waals surface area (Å²) in [4.78, 5) is 12.0. The SMILES string of the molecule is C[C@@H](N[S@+]([O-])C(C)(C)C)c1cc(F)ccc1OC1CC(C)(NC(=O)OC(C)(C)C)C1. The first-order valence-electron chi connectivity index (χ1n) is 10.2. The van der Waals surface area contributed by atoms with E-state index in [1.54, 1.807) is 6.07 Å². The van der Waals surface area contributed by atoms with Crippen LogP contribution in [0.25, 0.3) is 0 Å². The lowest BCUT2D eigenvalue weighted by molar-refractivity contribution is 0.00864. The Morgan fingerprint density at radius 1 is 1.27 bits per heavy atom. The van der Waals surface area contributed by atoms with E-state index >= 15 is 0 Å². The highest BCUT2D eigenvalue weighted by molar-refractivity contribution is 7.90. The number of hydrogen-bond donors (Lipinski definition) is 2. The molecule has 2 N–H and O–H groups in total. The van der Waals surface area contributed by atoms with Gasteiger partial charge < -0.3 is 19.3 Å². The number of carbonyl (C=O) groups excluding carboxylic acids is 1. The van der Waals surface area contributed by atoms with Gasteiger partial charge in [0.05, 0.1) is 6.04 Å². The molecule has 0 bridgehead atoms. The van der Waals surface area contributed by atoms with Crippen LogP contribution in [0.3, 0.4) is 0 Å². The Morgan fingerprint density at radius 2 is 1.87 bits per heavy atom. The molecule has 0 spiro atoms. The Balaban J connectivity index is 2.01. The molecule has 30 heavy (non-hydrogen) atoms. The molecule has 1 amide bonds. The van der Waals surface area contributed by atoms with Crippen molar-refractivity contribution in [3.8, 4) is 5.75 Å². The lowest BCUT2D eigenvalue weighted by Crippen LogP contribution is -2.59. The van der Waals surface area contributed by atoms with Crippen LogP contribution in [0.5, 0.6) is 5.75 Å². The quantitative estimate of drug-likeness (QED) is 0.621. The molecule has 2 rings (SSSR count). The van der Waals surface area contributed by atoms with E-state index in [1.807, 2.05) is 55.4 Å². The largest absolute Gasteiger partial charge is 0.598 e. The number of nitrogens with one attached hydrogen (secondary N) is 2. The summed E-state index contributed by atoms with van der Waals surface area (Å²) in [7, 11) is 0. The maximum Gasteiger partial charge on any atom is 0.408 e. The maximum atomic E-state index is 13.9. The first-order chi connectivity index (χ1) is 13.6. The average Bonchev–Trinajstić information content (AvgIpc) is 2.51. The molecule has 0 aromatic heterocycles. The fourth-order valence-corrected chi connectivity index (χ4v) is 4.03. The molecular weight excluding hydrogens is 407 g/mol. The van der Waals surface area contributed by atoms with Crippen LogP contribution in [0.2, 0.25) is 0 Å². The van der Waals surface area contributed by atoms with E-state index in [4.69, 9.17) is 9.47 Å². The maximum absolute atomic E-state index is 13.9. The second-order valence-corrected chi connectivity index (χ2v) is 12.2. The third kappa shape index (κ3) is 7.03. The monoisotopic (exact) mass is 442 g/mol. The Bertz CT molecular complexity index is 754. The number of benzene rings is 1. The van der Waals surface area contributed by atoms with E-state index < -0.39 is 33.3 Å². The van der Waals surface area contributed by atoms with Crippen molar-refractivity contribution < 1.29 is 23.2 Å². The number of amides is 1. The second kappa shape index (κ2) is 8.93. The minimum atomic E-state index is -1.30. The zero-order chi connectivity index (χ0) is 22.9. The van der Waals surface area contributed by atoms with Crippen molar-refractivity contribution in [1.82, 2.24) is 10.0 Å². The van der Waals surface area contributed by atoms with E-state index in [0.29, 0.717) is 24.2 Å². The van der Waals surface area contributed by atoms with Crippen molar-refractivity contribution in [2.45, 2.75) is 96.3 Å². The van der Waals surface area contributed by atoms with E-state index in [-0.39, 0.29) is 18.0 Å². The number of alkyl carbamates (subject to hydrolysis) is 1. The van der Waals surface area contributed by atoms with Gasteiger partial charge in [0.25, 0.3) is 0 Å². The molecule has 1 aromatic rings. The lowest BCUT2D eigenvalue weighted by atomic mass is 9.76. The predicted molar refractivity (Wildman–Crippen MR) is 117 cm³/mol. The van der Waals surface area contributed by atoms with Gasteiger partial charge in [-0.2, -0.15) is 0 Å². The van der Waals surface area contributed by atoms with Crippen molar-refractivity contribution in [3.05, 3.63) is 29.6 Å². The van der Waals surface area contributed by atoms with Gasteiger partial charge in [0.2, 0.25) is 0 Å². The van der Waals surface area contributed by atoms with Crippen molar-refractivity contribution in [3.63, 3.8) is 0 Å². The summed E-state index contributed by atoms with van der Waals surface area (Å²) in [5, 5.41) is 2.90. The highest BCUT2D eigenvalue weighted by Crippen LogP contribution is 2.37. The van der Waals surface area contributed by atoms with Crippen LogP contribution in [0.1, 0.15) is 79.8 Å². The summed E-state index contributed by atoms with van der Waals surface area (Å²) in [6.07, 6.45) is 0.653. The lowest BCUT2D eigenvalue weighted by Gasteiger charge is -2.45. The zero-order valence-corrected chi connectivity index (χ0v) is 20.0. The zero-order valence-electron chi connectivity index (χ0n) is 19.2. The van der Waals surface area contributed by atoms with Crippen molar-refractivity contribution in [2.75, 3.05) is 0 Å². The molecule has 170 valence electrons. The standard InChI is InChI=1S/C22H35FN2O4S/c1-14(25-30(27)21(5,6)7)17-11-15(23)9-10-18(17)28-16-12-22(8,13-16)24-19(26)29-20(2,3)4/h9-11,14,16,25H,12-13H2,1-8H3,(H,24,26)/t14-,16?,22?,30-/m1/s1. The molecule has 1 fully saturated rings. The van der Waals surface area contributed by atoms with Gasteiger partial charge in [-0.25, -0.2) is 9.18 Å². The highest BCUT2D eigenvalue weighted by Gasteiger charge is 2.44. The minimum absolute atomic E-state index is 0.116. The molecule has 0 saturated heterocycles. The van der Waals surface area contributed by atoms with Gasteiger partial charge in [-0.05, 0) is 73.6 Å². The Kier molecular flexibility index (Phi) is 7.37. The van der Waals surface area contributed by atoms with E-state index in [1.165, 1.54) is 12.1 Å². The smallest absolute Gasteiger partial charge is 0.408 e. The number of carbonyl (C=O) groups is 1. The third-order valence-electron chi connectivity index (χ3n) is 4.73. The average molecular weight is 443 g/mol. The Labute approximate surface area is 182 Å². The summed E-state index contributed by atoms with van der Waals surface area (Å²) in [6, 6.07) is 3.99.